The van der Waals surface area contributed by atoms with Gasteiger partial charge < -0.3 is 9.53 Å². The maximum atomic E-state index is 13.9. The number of hydrogen-bond donors (Lipinski definition) is 1. The molecule has 3 rings (SSSR count). The zero-order valence-electron chi connectivity index (χ0n) is 19.7. The maximum absolute atomic E-state index is 13.9. The summed E-state index contributed by atoms with van der Waals surface area (Å²) in [7, 11) is -2.27. The molecule has 0 bridgehead atoms. The number of benzene rings is 3. The van der Waals surface area contributed by atoms with E-state index in [1.54, 1.807) is 12.1 Å². The van der Waals surface area contributed by atoms with E-state index in [2.05, 4.69) is 33.9 Å². The molecule has 3 atom stereocenters. The van der Waals surface area contributed by atoms with Gasteiger partial charge in [-0.15, -0.1) is 0 Å². The molecule has 0 radical (unpaired) electrons. The number of carbonyl (C=O) groups excluding carboxylic acids is 1. The Morgan fingerprint density at radius 2 is 1.22 bits per heavy atom. The zero-order valence-corrected chi connectivity index (χ0v) is 20.7. The van der Waals surface area contributed by atoms with Gasteiger partial charge in [-0.3, -0.25) is 4.79 Å². The fourth-order valence-corrected chi connectivity index (χ4v) is 4.86. The normalized spacial score (nSPS) is 15.1. The van der Waals surface area contributed by atoms with E-state index in [4.69, 9.17) is 4.43 Å². The molecule has 32 heavy (non-hydrogen) atoms. The highest BCUT2D eigenvalue weighted by molar-refractivity contribution is 6.74. The molecule has 0 spiro atoms. The first-order valence-electron chi connectivity index (χ1n) is 11.2. The van der Waals surface area contributed by atoms with Crippen LogP contribution in [0.15, 0.2) is 91.0 Å². The minimum atomic E-state index is -2.27. The molecule has 1 N–H and O–H groups in total. The minimum Gasteiger partial charge on any atom is -0.409 e. The molecular weight excluding hydrogens is 412 g/mol. The summed E-state index contributed by atoms with van der Waals surface area (Å²) in [5, 5.41) is 11.5. The van der Waals surface area contributed by atoms with E-state index in [1.807, 2.05) is 78.9 Å². The molecule has 168 valence electrons. The number of ketones is 1. The van der Waals surface area contributed by atoms with Crippen LogP contribution in [0.2, 0.25) is 18.1 Å². The molecule has 0 aromatic heterocycles. The Bertz CT molecular complexity index is 995. The van der Waals surface area contributed by atoms with E-state index in [9.17, 15) is 9.90 Å². The van der Waals surface area contributed by atoms with Gasteiger partial charge in [0, 0.05) is 5.56 Å². The Hall–Kier alpha value is -2.53. The van der Waals surface area contributed by atoms with Gasteiger partial charge in [0.15, 0.2) is 14.1 Å². The summed E-state index contributed by atoms with van der Waals surface area (Å²) in [4.78, 5) is 13.9. The van der Waals surface area contributed by atoms with Crippen molar-refractivity contribution in [3.63, 3.8) is 0 Å². The van der Waals surface area contributed by atoms with Gasteiger partial charge in [-0.1, -0.05) is 112 Å². The van der Waals surface area contributed by atoms with Crippen LogP contribution in [0.4, 0.5) is 0 Å². The monoisotopic (exact) mass is 446 g/mol. The Kier molecular flexibility index (Phi) is 7.50. The smallest absolute Gasteiger partial charge is 0.192 e. The van der Waals surface area contributed by atoms with Crippen LogP contribution in [0.5, 0.6) is 0 Å². The molecule has 0 aliphatic carbocycles. The van der Waals surface area contributed by atoms with Gasteiger partial charge in [0.05, 0.1) is 18.1 Å². The fraction of sp³-hybridized carbons (Fsp3) is 0.321. The van der Waals surface area contributed by atoms with Gasteiger partial charge in [0.2, 0.25) is 0 Å². The van der Waals surface area contributed by atoms with Gasteiger partial charge in [-0.25, -0.2) is 0 Å². The number of rotatable bonds is 8. The number of Topliss-reactive ketones (excluding diaryl/α,β-unsaturated/α-hetero) is 1. The quantitative estimate of drug-likeness (QED) is 0.300. The highest BCUT2D eigenvalue weighted by Crippen LogP contribution is 2.45. The highest BCUT2D eigenvalue weighted by Gasteiger charge is 2.45. The molecule has 0 saturated heterocycles. The third kappa shape index (κ3) is 5.44. The van der Waals surface area contributed by atoms with E-state index < -0.39 is 26.4 Å². The standard InChI is InChI=1S/C28H34O3Si/c1-28(2,3)32(4,5)31-27(23-19-13-8-14-20-23)24(25(29)21-15-9-6-10-16-21)26(30)22-17-11-7-12-18-22/h6-20,24-25,27,29H,1-5H3. The van der Waals surface area contributed by atoms with Gasteiger partial charge in [-0.2, -0.15) is 0 Å². The number of carbonyl (C=O) groups is 1. The van der Waals surface area contributed by atoms with Crippen LogP contribution in [0, 0.1) is 5.92 Å². The van der Waals surface area contributed by atoms with Crippen molar-refractivity contribution in [1.82, 2.24) is 0 Å². The number of hydrogen-bond acceptors (Lipinski definition) is 3. The van der Waals surface area contributed by atoms with Crippen molar-refractivity contribution in [2.75, 3.05) is 0 Å². The molecule has 0 heterocycles. The zero-order chi connectivity index (χ0) is 23.4. The third-order valence-corrected chi connectivity index (χ3v) is 11.0. The minimum absolute atomic E-state index is 0.0436. The molecule has 0 amide bonds. The van der Waals surface area contributed by atoms with E-state index in [0.717, 1.165) is 5.56 Å². The van der Waals surface area contributed by atoms with Gasteiger partial charge >= 0.3 is 0 Å². The van der Waals surface area contributed by atoms with E-state index >= 15 is 0 Å². The average molecular weight is 447 g/mol. The third-order valence-electron chi connectivity index (χ3n) is 6.52. The fourth-order valence-electron chi connectivity index (χ4n) is 3.58. The van der Waals surface area contributed by atoms with E-state index in [0.29, 0.717) is 11.1 Å². The Balaban J connectivity index is 2.15. The van der Waals surface area contributed by atoms with Crippen molar-refractivity contribution in [1.29, 1.82) is 0 Å². The van der Waals surface area contributed by atoms with Crippen molar-refractivity contribution >= 4 is 14.1 Å². The first-order chi connectivity index (χ1) is 15.1. The molecule has 0 aliphatic heterocycles. The van der Waals surface area contributed by atoms with Gasteiger partial charge in [0.1, 0.15) is 0 Å². The van der Waals surface area contributed by atoms with Gasteiger partial charge in [-0.05, 0) is 29.3 Å². The second-order valence-corrected chi connectivity index (χ2v) is 14.6. The van der Waals surface area contributed by atoms with Crippen LogP contribution in [-0.2, 0) is 4.43 Å². The van der Waals surface area contributed by atoms with E-state index in [-0.39, 0.29) is 10.8 Å². The number of aliphatic hydroxyl groups is 1. The molecule has 3 unspecified atom stereocenters. The SMILES string of the molecule is CC(C)(C)[Si](C)(C)OC(c1ccccc1)C(C(=O)c1ccccc1)C(O)c1ccccc1. The lowest BCUT2D eigenvalue weighted by Gasteiger charge is -2.42. The lowest BCUT2D eigenvalue weighted by Crippen LogP contribution is -2.45. The van der Waals surface area contributed by atoms with Crippen molar-refractivity contribution in [2.45, 2.75) is 51.1 Å². The summed E-state index contributed by atoms with van der Waals surface area (Å²) in [6, 6.07) is 28.5. The van der Waals surface area contributed by atoms with Crippen molar-refractivity contribution in [2.24, 2.45) is 5.92 Å². The van der Waals surface area contributed by atoms with Crippen LogP contribution in [0.25, 0.3) is 0 Å². The largest absolute Gasteiger partial charge is 0.409 e. The molecule has 0 fully saturated rings. The molecular formula is C28H34O3Si. The summed E-state index contributed by atoms with van der Waals surface area (Å²) < 4.78 is 6.89. The van der Waals surface area contributed by atoms with Crippen molar-refractivity contribution in [3.8, 4) is 0 Å². The van der Waals surface area contributed by atoms with Crippen LogP contribution in [0.1, 0.15) is 54.5 Å². The lowest BCUT2D eigenvalue weighted by atomic mass is 9.82. The number of aliphatic hydroxyl groups excluding tert-OH is 1. The van der Waals surface area contributed by atoms with Gasteiger partial charge in [0.25, 0.3) is 0 Å². The summed E-state index contributed by atoms with van der Waals surface area (Å²) in [6.07, 6.45) is -1.57. The van der Waals surface area contributed by atoms with Crippen LogP contribution < -0.4 is 0 Å². The summed E-state index contributed by atoms with van der Waals surface area (Å²) in [5.41, 5.74) is 2.19. The second kappa shape index (κ2) is 9.95. The summed E-state index contributed by atoms with van der Waals surface area (Å²) in [5.74, 6) is -0.897. The molecule has 3 nitrogen and oxygen atoms in total. The Morgan fingerprint density at radius 1 is 0.781 bits per heavy atom. The van der Waals surface area contributed by atoms with Crippen LogP contribution in [-0.4, -0.2) is 19.2 Å². The topological polar surface area (TPSA) is 46.5 Å². The molecule has 4 heteroatoms. The second-order valence-electron chi connectivity index (χ2n) is 9.82. The predicted molar refractivity (Wildman–Crippen MR) is 133 cm³/mol. The first kappa shape index (κ1) is 24.1. The van der Waals surface area contributed by atoms with Crippen molar-refractivity contribution in [3.05, 3.63) is 108 Å². The van der Waals surface area contributed by atoms with Crippen molar-refractivity contribution < 1.29 is 14.3 Å². The summed E-state index contributed by atoms with van der Waals surface area (Å²) in [6.45, 7) is 10.9. The molecule has 0 saturated carbocycles. The maximum Gasteiger partial charge on any atom is 0.192 e. The molecule has 3 aromatic rings. The highest BCUT2D eigenvalue weighted by atomic mass is 28.4. The Labute approximate surface area is 193 Å². The average Bonchev–Trinajstić information content (AvgIpc) is 2.79. The molecule has 0 aliphatic rings. The van der Waals surface area contributed by atoms with Crippen LogP contribution in [0.3, 0.4) is 0 Å². The van der Waals surface area contributed by atoms with Crippen LogP contribution >= 0.6 is 0 Å². The Morgan fingerprint density at radius 3 is 1.69 bits per heavy atom. The molecule has 3 aromatic carbocycles. The summed E-state index contributed by atoms with van der Waals surface area (Å²) >= 11 is 0. The van der Waals surface area contributed by atoms with E-state index in [1.165, 1.54) is 0 Å². The first-order valence-corrected chi connectivity index (χ1v) is 14.1. The predicted octanol–water partition coefficient (Wildman–Crippen LogP) is 6.98. The lowest BCUT2D eigenvalue weighted by molar-refractivity contribution is 0.0190.